The number of carbonyl (C=O) groups excluding carboxylic acids is 1. The number of aromatic nitrogens is 1. The molecule has 4 heteroatoms. The average Bonchev–Trinajstić information content (AvgIpc) is 2.74. The summed E-state index contributed by atoms with van der Waals surface area (Å²) in [6, 6.07) is 0. The van der Waals surface area contributed by atoms with Gasteiger partial charge in [0.25, 0.3) is 0 Å². The summed E-state index contributed by atoms with van der Waals surface area (Å²) in [5.41, 5.74) is 0.613. The third-order valence-electron chi connectivity index (χ3n) is 2.05. The van der Waals surface area contributed by atoms with Gasteiger partial charge in [-0.15, -0.1) is 0 Å². The van der Waals surface area contributed by atoms with Crippen LogP contribution in [0.15, 0.2) is 10.7 Å². The number of hydrogen-bond donors (Lipinski definition) is 0. The van der Waals surface area contributed by atoms with Crippen LogP contribution < -0.4 is 0 Å². The van der Waals surface area contributed by atoms with Crippen LogP contribution in [0.1, 0.15) is 28.5 Å². The molecule has 12 heavy (non-hydrogen) atoms. The zero-order chi connectivity index (χ0) is 8.39. The second-order valence-corrected chi connectivity index (χ2v) is 3.97. The number of thioether (sulfide) groups is 1. The van der Waals surface area contributed by atoms with Crippen LogP contribution in [0.25, 0.3) is 0 Å². The van der Waals surface area contributed by atoms with Crippen molar-refractivity contribution in [3.8, 4) is 0 Å². The molecule has 1 aliphatic rings. The molecule has 64 valence electrons. The summed E-state index contributed by atoms with van der Waals surface area (Å²) >= 11 is 1.90. The molecule has 1 atom stereocenters. The first-order valence-electron chi connectivity index (χ1n) is 3.89. The van der Waals surface area contributed by atoms with Gasteiger partial charge in [-0.1, -0.05) is 5.16 Å². The predicted molar refractivity (Wildman–Crippen MR) is 46.6 cm³/mol. The van der Waals surface area contributed by atoms with Gasteiger partial charge in [0.1, 0.15) is 0 Å². The Morgan fingerprint density at radius 3 is 3.33 bits per heavy atom. The molecule has 1 saturated heterocycles. The Hall–Kier alpha value is -0.770. The van der Waals surface area contributed by atoms with Gasteiger partial charge in [-0.05, 0) is 12.2 Å². The van der Waals surface area contributed by atoms with Crippen molar-refractivity contribution in [2.45, 2.75) is 12.3 Å². The van der Waals surface area contributed by atoms with Crippen molar-refractivity contribution in [2.24, 2.45) is 0 Å². The van der Waals surface area contributed by atoms with Crippen molar-refractivity contribution in [2.75, 3.05) is 11.5 Å². The molecule has 1 aromatic rings. The maximum absolute atomic E-state index is 10.5. The summed E-state index contributed by atoms with van der Waals surface area (Å²) in [5.74, 6) is 3.38. The van der Waals surface area contributed by atoms with Gasteiger partial charge in [-0.25, -0.2) is 0 Å². The number of nitrogens with zero attached hydrogens (tertiary/aromatic N) is 1. The molecule has 3 nitrogen and oxygen atoms in total. The Morgan fingerprint density at radius 2 is 2.67 bits per heavy atom. The van der Waals surface area contributed by atoms with Crippen LogP contribution in [0.2, 0.25) is 0 Å². The fraction of sp³-hybridized carbons (Fsp3) is 0.500. The third-order valence-corrected chi connectivity index (χ3v) is 3.22. The Bertz CT molecular complexity index is 278. The van der Waals surface area contributed by atoms with Crippen molar-refractivity contribution in [3.05, 3.63) is 17.5 Å². The van der Waals surface area contributed by atoms with E-state index in [0.717, 1.165) is 30.0 Å². The second-order valence-electron chi connectivity index (χ2n) is 2.82. The second kappa shape index (κ2) is 3.31. The van der Waals surface area contributed by atoms with Crippen LogP contribution in [0.4, 0.5) is 0 Å². The van der Waals surface area contributed by atoms with Crippen molar-refractivity contribution in [1.29, 1.82) is 0 Å². The molecule has 1 fully saturated rings. The van der Waals surface area contributed by atoms with Crippen LogP contribution >= 0.6 is 11.8 Å². The van der Waals surface area contributed by atoms with Crippen LogP contribution in [0.3, 0.4) is 0 Å². The van der Waals surface area contributed by atoms with Gasteiger partial charge >= 0.3 is 0 Å². The van der Waals surface area contributed by atoms with Crippen LogP contribution in [0, 0.1) is 0 Å². The first-order valence-corrected chi connectivity index (χ1v) is 5.05. The maximum atomic E-state index is 10.5. The smallest absolute Gasteiger partial charge is 0.155 e. The highest BCUT2D eigenvalue weighted by atomic mass is 32.2. The first-order chi connectivity index (χ1) is 5.92. The Morgan fingerprint density at radius 1 is 1.75 bits per heavy atom. The summed E-state index contributed by atoms with van der Waals surface area (Å²) in [6.45, 7) is 0. The summed E-state index contributed by atoms with van der Waals surface area (Å²) < 4.78 is 5.04. The SMILES string of the molecule is O=Cc1cnoc1C1CCSC1. The van der Waals surface area contributed by atoms with E-state index in [9.17, 15) is 4.79 Å². The lowest BCUT2D eigenvalue weighted by Gasteiger charge is -2.01. The van der Waals surface area contributed by atoms with Crippen LogP contribution in [-0.4, -0.2) is 22.9 Å². The third kappa shape index (κ3) is 1.27. The summed E-state index contributed by atoms with van der Waals surface area (Å²) in [7, 11) is 0. The minimum absolute atomic E-state index is 0.401. The normalized spacial score (nSPS) is 22.8. The van der Waals surface area contributed by atoms with E-state index in [1.54, 1.807) is 0 Å². The van der Waals surface area contributed by atoms with Crippen molar-refractivity contribution < 1.29 is 9.32 Å². The fourth-order valence-corrected chi connectivity index (χ4v) is 2.62. The fourth-order valence-electron chi connectivity index (χ4n) is 1.40. The zero-order valence-electron chi connectivity index (χ0n) is 6.53. The predicted octanol–water partition coefficient (Wildman–Crippen LogP) is 1.71. The van der Waals surface area contributed by atoms with Crippen LogP contribution in [0.5, 0.6) is 0 Å². The van der Waals surface area contributed by atoms with E-state index in [-0.39, 0.29) is 0 Å². The molecular formula is C8H9NO2S. The van der Waals surface area contributed by atoms with Crippen molar-refractivity contribution in [3.63, 3.8) is 0 Å². The van der Waals surface area contributed by atoms with E-state index < -0.39 is 0 Å². The highest BCUT2D eigenvalue weighted by molar-refractivity contribution is 7.99. The molecule has 2 heterocycles. The van der Waals surface area contributed by atoms with Gasteiger partial charge < -0.3 is 4.52 Å². The van der Waals surface area contributed by atoms with E-state index in [1.807, 2.05) is 11.8 Å². The molecular weight excluding hydrogens is 174 g/mol. The molecule has 0 radical (unpaired) electrons. The van der Waals surface area contributed by atoms with E-state index in [1.165, 1.54) is 6.20 Å². The Kier molecular flexibility index (Phi) is 2.17. The number of carbonyl (C=O) groups is 1. The Labute approximate surface area is 74.5 Å². The molecule has 0 aromatic carbocycles. The maximum Gasteiger partial charge on any atom is 0.155 e. The monoisotopic (exact) mass is 183 g/mol. The van der Waals surface area contributed by atoms with Gasteiger partial charge in [0.2, 0.25) is 0 Å². The first kappa shape index (κ1) is 7.86. The topological polar surface area (TPSA) is 43.1 Å². The van der Waals surface area contributed by atoms with Gasteiger partial charge in [0.15, 0.2) is 12.0 Å². The minimum Gasteiger partial charge on any atom is -0.360 e. The highest BCUT2D eigenvalue weighted by Gasteiger charge is 2.23. The van der Waals surface area contributed by atoms with Gasteiger partial charge in [0, 0.05) is 11.7 Å². The van der Waals surface area contributed by atoms with Gasteiger partial charge in [-0.2, -0.15) is 11.8 Å². The molecule has 1 aromatic heterocycles. The van der Waals surface area contributed by atoms with Crippen molar-refractivity contribution >= 4 is 18.0 Å². The quantitative estimate of drug-likeness (QED) is 0.654. The molecule has 0 spiro atoms. The van der Waals surface area contributed by atoms with Crippen LogP contribution in [-0.2, 0) is 0 Å². The molecule has 2 rings (SSSR count). The van der Waals surface area contributed by atoms with E-state index >= 15 is 0 Å². The minimum atomic E-state index is 0.401. The number of aldehydes is 1. The van der Waals surface area contributed by atoms with E-state index in [0.29, 0.717) is 11.5 Å². The van der Waals surface area contributed by atoms with E-state index in [4.69, 9.17) is 4.52 Å². The summed E-state index contributed by atoms with van der Waals surface area (Å²) in [4.78, 5) is 10.5. The lowest BCUT2D eigenvalue weighted by Crippen LogP contribution is -1.97. The Balaban J connectivity index is 2.25. The van der Waals surface area contributed by atoms with Gasteiger partial charge in [-0.3, -0.25) is 4.79 Å². The summed E-state index contributed by atoms with van der Waals surface area (Å²) in [6.07, 6.45) is 3.40. The average molecular weight is 183 g/mol. The lowest BCUT2D eigenvalue weighted by molar-refractivity contribution is 0.112. The molecule has 0 N–H and O–H groups in total. The van der Waals surface area contributed by atoms with Gasteiger partial charge in [0.05, 0.1) is 11.8 Å². The summed E-state index contributed by atoms with van der Waals surface area (Å²) in [5, 5.41) is 3.62. The standard InChI is InChI=1S/C8H9NO2S/c10-4-7-3-9-11-8(7)6-1-2-12-5-6/h3-4,6H,1-2,5H2. The zero-order valence-corrected chi connectivity index (χ0v) is 7.34. The van der Waals surface area contributed by atoms with Crippen molar-refractivity contribution in [1.82, 2.24) is 5.16 Å². The molecule has 0 aliphatic carbocycles. The molecule has 0 bridgehead atoms. The molecule has 0 amide bonds. The van der Waals surface area contributed by atoms with E-state index in [2.05, 4.69) is 5.16 Å². The molecule has 0 saturated carbocycles. The lowest BCUT2D eigenvalue weighted by atomic mass is 10.0. The highest BCUT2D eigenvalue weighted by Crippen LogP contribution is 2.33. The number of rotatable bonds is 2. The largest absolute Gasteiger partial charge is 0.360 e. The molecule has 1 aliphatic heterocycles. The number of hydrogen-bond acceptors (Lipinski definition) is 4. The molecule has 1 unspecified atom stereocenters.